The highest BCUT2D eigenvalue weighted by atomic mass is 16.1. The summed E-state index contributed by atoms with van der Waals surface area (Å²) < 4.78 is 0. The molecule has 1 amide bonds. The molecule has 1 fully saturated rings. The van der Waals surface area contributed by atoms with Gasteiger partial charge in [0.05, 0.1) is 17.5 Å². The first kappa shape index (κ1) is 17.2. The molecular weight excluding hydrogens is 340 g/mol. The van der Waals surface area contributed by atoms with E-state index in [-0.39, 0.29) is 0 Å². The topological polar surface area (TPSA) is 91.1 Å². The number of rotatable bonds is 5. The number of nitrogens with one attached hydrogen (secondary N) is 1. The Bertz CT molecular complexity index is 915. The van der Waals surface area contributed by atoms with Crippen LogP contribution in [0.5, 0.6) is 0 Å². The molecule has 0 atom stereocenters. The second-order valence-electron chi connectivity index (χ2n) is 6.64. The number of carbonyl (C=O) groups is 1. The Morgan fingerprint density at radius 3 is 2.59 bits per heavy atom. The van der Waals surface area contributed by atoms with Crippen LogP contribution in [0.3, 0.4) is 0 Å². The van der Waals surface area contributed by atoms with Gasteiger partial charge in [-0.15, -0.1) is 0 Å². The molecule has 0 saturated carbocycles. The fraction of sp³-hybridized carbons (Fsp3) is 0.250. The molecule has 138 valence electrons. The molecule has 0 aliphatic carbocycles. The van der Waals surface area contributed by atoms with E-state index in [1.54, 1.807) is 18.3 Å². The van der Waals surface area contributed by atoms with Crippen LogP contribution in [0.4, 0.5) is 5.82 Å². The molecule has 3 N–H and O–H groups in total. The Labute approximate surface area is 157 Å². The minimum Gasteiger partial charge on any atom is -0.365 e. The van der Waals surface area contributed by atoms with Crippen molar-refractivity contribution in [1.82, 2.24) is 20.1 Å². The Kier molecular flexibility index (Phi) is 4.84. The molecule has 1 saturated heterocycles. The first-order valence-corrected chi connectivity index (χ1v) is 9.02. The molecule has 27 heavy (non-hydrogen) atoms. The molecule has 1 aliphatic rings. The number of H-pyrrole nitrogens is 1. The number of amides is 1. The summed E-state index contributed by atoms with van der Waals surface area (Å²) in [5.74, 6) is 0.240. The molecule has 0 spiro atoms. The second kappa shape index (κ2) is 7.59. The number of carbonyl (C=O) groups excluding carboxylic acids is 1. The first-order valence-electron chi connectivity index (χ1n) is 9.02. The van der Waals surface area contributed by atoms with Crippen LogP contribution in [0.25, 0.3) is 11.3 Å². The zero-order valence-corrected chi connectivity index (χ0v) is 15.0. The third-order valence-corrected chi connectivity index (χ3v) is 4.90. The zero-order chi connectivity index (χ0) is 18.6. The van der Waals surface area contributed by atoms with E-state index in [1.807, 2.05) is 24.4 Å². The molecule has 0 bridgehead atoms. The van der Waals surface area contributed by atoms with E-state index in [2.05, 4.69) is 37.1 Å². The van der Waals surface area contributed by atoms with Crippen molar-refractivity contribution in [2.75, 3.05) is 31.1 Å². The molecule has 3 heterocycles. The quantitative estimate of drug-likeness (QED) is 0.723. The Morgan fingerprint density at radius 1 is 1.07 bits per heavy atom. The van der Waals surface area contributed by atoms with Gasteiger partial charge in [-0.3, -0.25) is 14.8 Å². The fourth-order valence-electron chi connectivity index (χ4n) is 3.49. The van der Waals surface area contributed by atoms with Gasteiger partial charge in [-0.05, 0) is 17.7 Å². The van der Waals surface area contributed by atoms with Gasteiger partial charge >= 0.3 is 0 Å². The molecule has 0 unspecified atom stereocenters. The lowest BCUT2D eigenvalue weighted by Crippen LogP contribution is -2.46. The maximum absolute atomic E-state index is 11.6. The number of benzene rings is 1. The standard InChI is InChI=1S/C20H22N6O/c21-19(27)17-7-4-8-22-20(17)26-11-9-25(10-12-26)14-16-13-23-24-18(16)15-5-2-1-3-6-15/h1-8,13H,9-12,14H2,(H2,21,27)(H,23,24). The molecule has 7 heteroatoms. The van der Waals surface area contributed by atoms with Crippen LogP contribution in [-0.4, -0.2) is 52.2 Å². The number of pyridine rings is 1. The minimum absolute atomic E-state index is 0.438. The lowest BCUT2D eigenvalue weighted by molar-refractivity contribution is 0.1000. The van der Waals surface area contributed by atoms with Crippen LogP contribution >= 0.6 is 0 Å². The van der Waals surface area contributed by atoms with Gasteiger partial charge in [0, 0.05) is 44.5 Å². The number of nitrogens with zero attached hydrogens (tertiary/aromatic N) is 4. The van der Waals surface area contributed by atoms with Crippen LogP contribution in [-0.2, 0) is 6.54 Å². The first-order chi connectivity index (χ1) is 13.2. The summed E-state index contributed by atoms with van der Waals surface area (Å²) in [6.07, 6.45) is 3.60. The van der Waals surface area contributed by atoms with Gasteiger partial charge in [-0.2, -0.15) is 5.10 Å². The molecule has 3 aromatic rings. The second-order valence-corrected chi connectivity index (χ2v) is 6.64. The number of aromatic nitrogens is 3. The molecule has 4 rings (SSSR count). The normalized spacial score (nSPS) is 15.0. The highest BCUT2D eigenvalue weighted by Crippen LogP contribution is 2.23. The lowest BCUT2D eigenvalue weighted by Gasteiger charge is -2.35. The van der Waals surface area contributed by atoms with Crippen LogP contribution in [0.15, 0.2) is 54.9 Å². The molecule has 2 aromatic heterocycles. The van der Waals surface area contributed by atoms with Crippen molar-refractivity contribution in [1.29, 1.82) is 0 Å². The van der Waals surface area contributed by atoms with E-state index in [0.29, 0.717) is 11.4 Å². The maximum Gasteiger partial charge on any atom is 0.252 e. The summed E-state index contributed by atoms with van der Waals surface area (Å²) in [7, 11) is 0. The maximum atomic E-state index is 11.6. The number of piperazine rings is 1. The van der Waals surface area contributed by atoms with Crippen molar-refractivity contribution in [3.05, 3.63) is 66.0 Å². The monoisotopic (exact) mass is 362 g/mol. The van der Waals surface area contributed by atoms with Crippen molar-refractivity contribution in [3.8, 4) is 11.3 Å². The summed E-state index contributed by atoms with van der Waals surface area (Å²) in [5, 5.41) is 7.35. The van der Waals surface area contributed by atoms with Crippen LogP contribution < -0.4 is 10.6 Å². The highest BCUT2D eigenvalue weighted by molar-refractivity contribution is 5.97. The Morgan fingerprint density at radius 2 is 1.85 bits per heavy atom. The molecular formula is C20H22N6O. The summed E-state index contributed by atoms with van der Waals surface area (Å²) in [6, 6.07) is 13.7. The highest BCUT2D eigenvalue weighted by Gasteiger charge is 2.22. The van der Waals surface area contributed by atoms with E-state index < -0.39 is 5.91 Å². The number of anilines is 1. The van der Waals surface area contributed by atoms with Crippen LogP contribution in [0, 0.1) is 0 Å². The van der Waals surface area contributed by atoms with Crippen molar-refractivity contribution >= 4 is 11.7 Å². The average molecular weight is 362 g/mol. The number of aromatic amines is 1. The van der Waals surface area contributed by atoms with Gasteiger partial charge in [0.15, 0.2) is 0 Å². The van der Waals surface area contributed by atoms with Crippen molar-refractivity contribution < 1.29 is 4.79 Å². The average Bonchev–Trinajstić information content (AvgIpc) is 3.17. The lowest BCUT2D eigenvalue weighted by atomic mass is 10.1. The summed E-state index contributed by atoms with van der Waals surface area (Å²) in [5.41, 5.74) is 9.36. The van der Waals surface area contributed by atoms with E-state index in [9.17, 15) is 4.79 Å². The van der Waals surface area contributed by atoms with Gasteiger partial charge in [0.25, 0.3) is 5.91 Å². The predicted octanol–water partition coefficient (Wildman–Crippen LogP) is 1.89. The smallest absolute Gasteiger partial charge is 0.252 e. The van der Waals surface area contributed by atoms with Crippen molar-refractivity contribution in [3.63, 3.8) is 0 Å². The van der Waals surface area contributed by atoms with Crippen molar-refractivity contribution in [2.45, 2.75) is 6.54 Å². The van der Waals surface area contributed by atoms with Crippen molar-refractivity contribution in [2.24, 2.45) is 5.73 Å². The van der Waals surface area contributed by atoms with E-state index in [0.717, 1.165) is 44.0 Å². The van der Waals surface area contributed by atoms with Gasteiger partial charge in [-0.1, -0.05) is 30.3 Å². The number of hydrogen-bond acceptors (Lipinski definition) is 5. The Balaban J connectivity index is 1.43. The molecule has 1 aromatic carbocycles. The van der Waals surface area contributed by atoms with Crippen LogP contribution in [0.2, 0.25) is 0 Å². The van der Waals surface area contributed by atoms with Gasteiger partial charge < -0.3 is 10.6 Å². The summed E-state index contributed by atoms with van der Waals surface area (Å²) in [4.78, 5) is 20.5. The van der Waals surface area contributed by atoms with Crippen LogP contribution in [0.1, 0.15) is 15.9 Å². The predicted molar refractivity (Wildman–Crippen MR) is 104 cm³/mol. The molecule has 7 nitrogen and oxygen atoms in total. The zero-order valence-electron chi connectivity index (χ0n) is 15.0. The Hall–Kier alpha value is -3.19. The fourth-order valence-corrected chi connectivity index (χ4v) is 3.49. The minimum atomic E-state index is -0.438. The number of nitrogens with two attached hydrogens (primary N) is 1. The third-order valence-electron chi connectivity index (χ3n) is 4.90. The molecule has 0 radical (unpaired) electrons. The van der Waals surface area contributed by atoms with E-state index in [1.165, 1.54) is 5.56 Å². The van der Waals surface area contributed by atoms with E-state index >= 15 is 0 Å². The van der Waals surface area contributed by atoms with E-state index in [4.69, 9.17) is 5.73 Å². The third kappa shape index (κ3) is 3.68. The van der Waals surface area contributed by atoms with Gasteiger partial charge in [-0.25, -0.2) is 4.98 Å². The molecule has 1 aliphatic heterocycles. The summed E-state index contributed by atoms with van der Waals surface area (Å²) >= 11 is 0. The van der Waals surface area contributed by atoms with Gasteiger partial charge in [0.2, 0.25) is 0 Å². The largest absolute Gasteiger partial charge is 0.365 e. The SMILES string of the molecule is NC(=O)c1cccnc1N1CCN(Cc2cn[nH]c2-c2ccccc2)CC1. The number of hydrogen-bond donors (Lipinski definition) is 2. The number of primary amides is 1. The van der Waals surface area contributed by atoms with Gasteiger partial charge in [0.1, 0.15) is 5.82 Å². The summed E-state index contributed by atoms with van der Waals surface area (Å²) in [6.45, 7) is 4.20.